The molecule has 16 heavy (non-hydrogen) atoms. The number of nitrogens with zero attached hydrogens (tertiary/aromatic N) is 1. The average molecular weight is 251 g/mol. The van der Waals surface area contributed by atoms with Crippen molar-refractivity contribution in [3.05, 3.63) is 63.4 Å². The fourth-order valence-electron chi connectivity index (χ4n) is 1.51. The minimum atomic E-state index is 0.443. The number of aromatic nitrogens is 1. The normalized spacial score (nSPS) is 10.4. The SMILES string of the molecule is Cc1ccccc1Cc1ncc(Cl)[c]c1Cl. The first-order chi connectivity index (χ1) is 7.66. The maximum absolute atomic E-state index is 6.03. The van der Waals surface area contributed by atoms with Gasteiger partial charge in [-0.2, -0.15) is 0 Å². The van der Waals surface area contributed by atoms with Gasteiger partial charge in [0.05, 0.1) is 15.7 Å². The summed E-state index contributed by atoms with van der Waals surface area (Å²) >= 11 is 11.8. The molecule has 1 aromatic carbocycles. The van der Waals surface area contributed by atoms with Crippen LogP contribution >= 0.6 is 23.2 Å². The van der Waals surface area contributed by atoms with Crippen LogP contribution in [0.4, 0.5) is 0 Å². The van der Waals surface area contributed by atoms with E-state index in [1.165, 1.54) is 11.1 Å². The molecule has 1 radical (unpaired) electrons. The molecule has 0 fully saturated rings. The van der Waals surface area contributed by atoms with E-state index in [1.54, 1.807) is 6.20 Å². The van der Waals surface area contributed by atoms with Crippen LogP contribution in [0.5, 0.6) is 0 Å². The highest BCUT2D eigenvalue weighted by atomic mass is 35.5. The van der Waals surface area contributed by atoms with Gasteiger partial charge < -0.3 is 0 Å². The van der Waals surface area contributed by atoms with Crippen LogP contribution in [-0.4, -0.2) is 4.98 Å². The lowest BCUT2D eigenvalue weighted by atomic mass is 10.0. The predicted molar refractivity (Wildman–Crippen MR) is 67.1 cm³/mol. The summed E-state index contributed by atoms with van der Waals surface area (Å²) in [5.41, 5.74) is 3.25. The van der Waals surface area contributed by atoms with Crippen LogP contribution in [0, 0.1) is 13.0 Å². The average Bonchev–Trinajstić information content (AvgIpc) is 2.25. The van der Waals surface area contributed by atoms with Gasteiger partial charge in [-0.3, -0.25) is 4.98 Å². The van der Waals surface area contributed by atoms with Gasteiger partial charge >= 0.3 is 0 Å². The van der Waals surface area contributed by atoms with Gasteiger partial charge in [0.1, 0.15) is 0 Å². The molecule has 1 nitrogen and oxygen atoms in total. The third-order valence-electron chi connectivity index (χ3n) is 2.44. The summed E-state index contributed by atoms with van der Waals surface area (Å²) in [5, 5.41) is 0.939. The molecule has 1 aromatic heterocycles. The molecule has 0 bridgehead atoms. The topological polar surface area (TPSA) is 12.9 Å². The van der Waals surface area contributed by atoms with Crippen molar-refractivity contribution in [2.75, 3.05) is 0 Å². The van der Waals surface area contributed by atoms with Crippen LogP contribution in [0.3, 0.4) is 0 Å². The van der Waals surface area contributed by atoms with Crippen molar-refractivity contribution in [3.8, 4) is 0 Å². The Bertz CT molecular complexity index is 509. The molecule has 3 heteroatoms. The summed E-state index contributed by atoms with van der Waals surface area (Å²) in [6, 6.07) is 11.0. The smallest absolute Gasteiger partial charge is 0.0719 e. The highest BCUT2D eigenvalue weighted by Crippen LogP contribution is 2.21. The molecule has 0 amide bonds. The molecule has 0 aliphatic rings. The Morgan fingerprint density at radius 3 is 2.69 bits per heavy atom. The molecule has 0 spiro atoms. The molecule has 0 N–H and O–H groups in total. The number of hydrogen-bond donors (Lipinski definition) is 0. The minimum absolute atomic E-state index is 0.443. The van der Waals surface area contributed by atoms with Crippen LogP contribution in [0.2, 0.25) is 10.0 Å². The fourth-order valence-corrected chi connectivity index (χ4v) is 1.92. The molecular weight excluding hydrogens is 241 g/mol. The van der Waals surface area contributed by atoms with E-state index in [0.29, 0.717) is 16.5 Å². The van der Waals surface area contributed by atoms with Crippen molar-refractivity contribution >= 4 is 23.2 Å². The van der Waals surface area contributed by atoms with E-state index < -0.39 is 0 Å². The van der Waals surface area contributed by atoms with Crippen molar-refractivity contribution in [2.45, 2.75) is 13.3 Å². The zero-order chi connectivity index (χ0) is 11.5. The molecular formula is C13H10Cl2N. The number of halogens is 2. The van der Waals surface area contributed by atoms with Gasteiger partial charge in [-0.15, -0.1) is 0 Å². The van der Waals surface area contributed by atoms with Crippen LogP contribution in [0.25, 0.3) is 0 Å². The molecule has 0 aliphatic carbocycles. The van der Waals surface area contributed by atoms with Crippen molar-refractivity contribution in [1.29, 1.82) is 0 Å². The van der Waals surface area contributed by atoms with E-state index in [9.17, 15) is 0 Å². The Morgan fingerprint density at radius 1 is 1.25 bits per heavy atom. The highest BCUT2D eigenvalue weighted by Gasteiger charge is 2.06. The molecule has 81 valence electrons. The van der Waals surface area contributed by atoms with Gasteiger partial charge in [-0.25, -0.2) is 0 Å². The third kappa shape index (κ3) is 2.55. The quantitative estimate of drug-likeness (QED) is 0.783. The summed E-state index contributed by atoms with van der Waals surface area (Å²) in [5.74, 6) is 0. The monoisotopic (exact) mass is 250 g/mol. The van der Waals surface area contributed by atoms with E-state index in [1.807, 2.05) is 12.1 Å². The second-order valence-electron chi connectivity index (χ2n) is 3.60. The summed E-state index contributed by atoms with van der Waals surface area (Å²) in [6.07, 6.45) is 2.28. The van der Waals surface area contributed by atoms with E-state index >= 15 is 0 Å². The Labute approximate surface area is 105 Å². The molecule has 0 unspecified atom stereocenters. The van der Waals surface area contributed by atoms with Crippen LogP contribution in [0.1, 0.15) is 16.8 Å². The first-order valence-electron chi connectivity index (χ1n) is 4.93. The van der Waals surface area contributed by atoms with Crippen molar-refractivity contribution < 1.29 is 0 Å². The van der Waals surface area contributed by atoms with Crippen LogP contribution in [-0.2, 0) is 6.42 Å². The number of hydrogen-bond acceptors (Lipinski definition) is 1. The fraction of sp³-hybridized carbons (Fsp3) is 0.154. The van der Waals surface area contributed by atoms with Crippen LogP contribution < -0.4 is 0 Å². The summed E-state index contributed by atoms with van der Waals surface area (Å²) in [7, 11) is 0. The lowest BCUT2D eigenvalue weighted by Crippen LogP contribution is -1.95. The predicted octanol–water partition coefficient (Wildman–Crippen LogP) is 4.09. The zero-order valence-electron chi connectivity index (χ0n) is 8.80. The molecule has 0 atom stereocenters. The molecule has 0 saturated carbocycles. The Morgan fingerprint density at radius 2 is 2.00 bits per heavy atom. The number of benzene rings is 1. The summed E-state index contributed by atoms with van der Waals surface area (Å²) < 4.78 is 0. The lowest BCUT2D eigenvalue weighted by Gasteiger charge is -2.06. The Kier molecular flexibility index (Phi) is 3.47. The number of rotatable bonds is 2. The summed E-state index contributed by atoms with van der Waals surface area (Å²) in [4.78, 5) is 4.22. The number of pyridine rings is 1. The van der Waals surface area contributed by atoms with E-state index in [4.69, 9.17) is 23.2 Å². The highest BCUT2D eigenvalue weighted by molar-refractivity contribution is 6.34. The first-order valence-corrected chi connectivity index (χ1v) is 5.69. The second kappa shape index (κ2) is 4.86. The van der Waals surface area contributed by atoms with E-state index in [2.05, 4.69) is 30.1 Å². The Balaban J connectivity index is 2.31. The van der Waals surface area contributed by atoms with Crippen LogP contribution in [0.15, 0.2) is 30.5 Å². The van der Waals surface area contributed by atoms with Gasteiger partial charge in [0.15, 0.2) is 0 Å². The Hall–Kier alpha value is -1.05. The molecule has 1 heterocycles. The standard InChI is InChI=1S/C13H10Cl2N/c1-9-4-2-3-5-10(9)6-13-12(15)7-11(14)8-16-13/h2-5,8H,6H2,1H3. The largest absolute Gasteiger partial charge is 0.258 e. The van der Waals surface area contributed by atoms with Gasteiger partial charge in [-0.1, -0.05) is 47.5 Å². The van der Waals surface area contributed by atoms with Gasteiger partial charge in [-0.05, 0) is 18.1 Å². The van der Waals surface area contributed by atoms with Gasteiger partial charge in [0, 0.05) is 18.7 Å². The third-order valence-corrected chi connectivity index (χ3v) is 2.94. The zero-order valence-corrected chi connectivity index (χ0v) is 10.3. The summed E-state index contributed by atoms with van der Waals surface area (Å²) in [6.45, 7) is 2.07. The van der Waals surface area contributed by atoms with Gasteiger partial charge in [0.2, 0.25) is 0 Å². The molecule has 0 aliphatic heterocycles. The van der Waals surface area contributed by atoms with E-state index in [-0.39, 0.29) is 0 Å². The van der Waals surface area contributed by atoms with Crippen molar-refractivity contribution in [2.24, 2.45) is 0 Å². The van der Waals surface area contributed by atoms with E-state index in [0.717, 1.165) is 5.69 Å². The molecule has 2 aromatic rings. The molecule has 2 rings (SSSR count). The molecule has 0 saturated heterocycles. The van der Waals surface area contributed by atoms with Crippen molar-refractivity contribution in [1.82, 2.24) is 4.98 Å². The first kappa shape index (κ1) is 11.4. The second-order valence-corrected chi connectivity index (χ2v) is 4.38. The maximum atomic E-state index is 6.03. The van der Waals surface area contributed by atoms with Gasteiger partial charge in [0.25, 0.3) is 0 Å². The maximum Gasteiger partial charge on any atom is 0.0719 e. The lowest BCUT2D eigenvalue weighted by molar-refractivity contribution is 1.06. The number of aryl methyl sites for hydroxylation is 1. The minimum Gasteiger partial charge on any atom is -0.258 e. The van der Waals surface area contributed by atoms with Crippen molar-refractivity contribution in [3.63, 3.8) is 0 Å².